The van der Waals surface area contributed by atoms with Crippen molar-refractivity contribution < 1.29 is 0 Å². The molecule has 9 heteroatoms. The second-order valence-electron chi connectivity index (χ2n) is 5.40. The fourth-order valence-corrected chi connectivity index (χ4v) is 3.23. The van der Waals surface area contributed by atoms with Crippen molar-refractivity contribution in [1.82, 2.24) is 29.9 Å². The zero-order chi connectivity index (χ0) is 17.6. The largest absolute Gasteiger partial charge is 0.361 e. The van der Waals surface area contributed by atoms with Crippen LogP contribution in [0.2, 0.25) is 0 Å². The van der Waals surface area contributed by atoms with Crippen LogP contribution in [0.15, 0.2) is 45.9 Å². The molecule has 0 saturated carbocycles. The molecule has 4 rings (SSSR count). The third-order valence-corrected chi connectivity index (χ3v) is 4.71. The Morgan fingerprint density at radius 3 is 2.76 bits per heavy atom. The number of rotatable bonds is 2. The zero-order valence-corrected chi connectivity index (χ0v) is 15.6. The van der Waals surface area contributed by atoms with Gasteiger partial charge < -0.3 is 5.32 Å². The first-order chi connectivity index (χ1) is 12.1. The molecule has 0 aliphatic carbocycles. The van der Waals surface area contributed by atoms with E-state index in [-0.39, 0.29) is 5.56 Å². The average molecular weight is 417 g/mol. The number of aromatic amines is 1. The number of hydrogen-bond donors (Lipinski definition) is 2. The number of halogens is 1. The van der Waals surface area contributed by atoms with Crippen molar-refractivity contribution in [3.63, 3.8) is 0 Å². The molecule has 1 aromatic carbocycles. The Morgan fingerprint density at radius 2 is 2.04 bits per heavy atom. The van der Waals surface area contributed by atoms with E-state index >= 15 is 0 Å². The molecule has 126 valence electrons. The lowest BCUT2D eigenvalue weighted by Crippen LogP contribution is -2.28. The summed E-state index contributed by atoms with van der Waals surface area (Å²) in [5.74, 6) is 0. The highest BCUT2D eigenvalue weighted by molar-refractivity contribution is 9.10. The van der Waals surface area contributed by atoms with Crippen LogP contribution in [0.25, 0.3) is 27.6 Å². The SMILES string of the molecule is CCNC(=S)n1ncc2c3[nH]n(-c4ccc(Br)cc4)c(=O)c3cnc21. The number of nitrogens with zero attached hydrogens (tertiary/aromatic N) is 4. The first kappa shape index (κ1) is 16.0. The van der Waals surface area contributed by atoms with Crippen LogP contribution in [-0.2, 0) is 0 Å². The summed E-state index contributed by atoms with van der Waals surface area (Å²) in [4.78, 5) is 17.1. The van der Waals surface area contributed by atoms with Crippen molar-refractivity contribution in [2.75, 3.05) is 6.54 Å². The van der Waals surface area contributed by atoms with E-state index in [9.17, 15) is 4.79 Å². The third-order valence-electron chi connectivity index (χ3n) is 3.86. The van der Waals surface area contributed by atoms with Gasteiger partial charge in [-0.25, -0.2) is 9.67 Å². The number of H-pyrrole nitrogens is 1. The van der Waals surface area contributed by atoms with Crippen molar-refractivity contribution in [2.24, 2.45) is 0 Å². The van der Waals surface area contributed by atoms with Crippen LogP contribution < -0.4 is 10.9 Å². The Balaban J connectivity index is 1.94. The molecule has 7 nitrogen and oxygen atoms in total. The standard InChI is InChI=1S/C16H13BrN6OS/c1-2-18-16(25)23-14-11(8-20-23)13-12(7-19-14)15(24)22(21-13)10-5-3-9(17)4-6-10/h3-8,21H,2H2,1H3,(H,18,25). The van der Waals surface area contributed by atoms with Gasteiger partial charge in [-0.1, -0.05) is 15.9 Å². The molecule has 3 aromatic heterocycles. The van der Waals surface area contributed by atoms with E-state index in [0.717, 1.165) is 15.5 Å². The molecular weight excluding hydrogens is 404 g/mol. The summed E-state index contributed by atoms with van der Waals surface area (Å²) in [5.41, 5.74) is 1.87. The minimum absolute atomic E-state index is 0.159. The van der Waals surface area contributed by atoms with Crippen molar-refractivity contribution >= 4 is 55.2 Å². The molecule has 0 aliphatic heterocycles. The number of nitrogens with one attached hydrogen (secondary N) is 2. The molecule has 0 spiro atoms. The van der Waals surface area contributed by atoms with Crippen LogP contribution in [0.5, 0.6) is 0 Å². The minimum Gasteiger partial charge on any atom is -0.361 e. The van der Waals surface area contributed by atoms with Gasteiger partial charge in [0.05, 0.1) is 28.2 Å². The summed E-state index contributed by atoms with van der Waals surface area (Å²) in [5, 5.41) is 12.2. The van der Waals surface area contributed by atoms with Gasteiger partial charge in [-0.2, -0.15) is 9.78 Å². The molecule has 0 aliphatic rings. The van der Waals surface area contributed by atoms with E-state index in [2.05, 4.69) is 36.4 Å². The second-order valence-corrected chi connectivity index (χ2v) is 6.71. The first-order valence-corrected chi connectivity index (χ1v) is 8.82. The van der Waals surface area contributed by atoms with Gasteiger partial charge >= 0.3 is 0 Å². The normalized spacial score (nSPS) is 11.3. The second kappa shape index (κ2) is 6.08. The number of fused-ring (bicyclic) bond motifs is 3. The van der Waals surface area contributed by atoms with Crippen LogP contribution in [0.3, 0.4) is 0 Å². The summed E-state index contributed by atoms with van der Waals surface area (Å²) in [7, 11) is 0. The molecule has 0 unspecified atom stereocenters. The highest BCUT2D eigenvalue weighted by atomic mass is 79.9. The number of benzene rings is 1. The van der Waals surface area contributed by atoms with Crippen LogP contribution in [0.4, 0.5) is 0 Å². The molecule has 3 heterocycles. The van der Waals surface area contributed by atoms with Gasteiger partial charge in [0.25, 0.3) is 5.56 Å². The lowest BCUT2D eigenvalue weighted by Gasteiger charge is -2.05. The Kier molecular flexibility index (Phi) is 3.89. The van der Waals surface area contributed by atoms with Crippen LogP contribution in [0.1, 0.15) is 6.92 Å². The van der Waals surface area contributed by atoms with Crippen LogP contribution in [-0.4, -0.2) is 36.2 Å². The molecular formula is C16H13BrN6OS. The average Bonchev–Trinajstić information content (AvgIpc) is 3.17. The monoisotopic (exact) mass is 416 g/mol. The topological polar surface area (TPSA) is 80.5 Å². The van der Waals surface area contributed by atoms with Gasteiger partial charge in [0.1, 0.15) is 0 Å². The van der Waals surface area contributed by atoms with Crippen molar-refractivity contribution in [3.05, 3.63) is 51.5 Å². The number of aromatic nitrogens is 5. The maximum absolute atomic E-state index is 12.7. The molecule has 0 saturated heterocycles. The van der Waals surface area contributed by atoms with Gasteiger partial charge in [-0.15, -0.1) is 0 Å². The van der Waals surface area contributed by atoms with Gasteiger partial charge in [-0.3, -0.25) is 9.89 Å². The van der Waals surface area contributed by atoms with E-state index in [1.807, 2.05) is 31.2 Å². The van der Waals surface area contributed by atoms with Crippen LogP contribution >= 0.6 is 28.1 Å². The van der Waals surface area contributed by atoms with Crippen molar-refractivity contribution in [2.45, 2.75) is 6.92 Å². The number of hydrogen-bond acceptors (Lipinski definition) is 4. The van der Waals surface area contributed by atoms with Crippen LogP contribution in [0, 0.1) is 0 Å². The molecule has 0 fully saturated rings. The maximum atomic E-state index is 12.7. The van der Waals surface area contributed by atoms with Gasteiger partial charge in [-0.05, 0) is 43.4 Å². The first-order valence-electron chi connectivity index (χ1n) is 7.61. The maximum Gasteiger partial charge on any atom is 0.280 e. The Labute approximate surface area is 155 Å². The van der Waals surface area contributed by atoms with Gasteiger partial charge in [0.2, 0.25) is 0 Å². The van der Waals surface area contributed by atoms with E-state index in [4.69, 9.17) is 12.2 Å². The molecule has 25 heavy (non-hydrogen) atoms. The third kappa shape index (κ3) is 2.56. The Morgan fingerprint density at radius 1 is 1.28 bits per heavy atom. The molecule has 4 aromatic rings. The van der Waals surface area contributed by atoms with Gasteiger partial charge in [0, 0.05) is 17.2 Å². The molecule has 0 atom stereocenters. The van der Waals surface area contributed by atoms with E-state index in [0.29, 0.717) is 28.2 Å². The molecule has 0 bridgehead atoms. The quantitative estimate of drug-likeness (QED) is 0.490. The highest BCUT2D eigenvalue weighted by Crippen LogP contribution is 2.21. The number of pyridine rings is 1. The van der Waals surface area contributed by atoms with E-state index < -0.39 is 0 Å². The summed E-state index contributed by atoms with van der Waals surface area (Å²) in [6.07, 6.45) is 3.22. The summed E-state index contributed by atoms with van der Waals surface area (Å²) in [6.45, 7) is 2.65. The smallest absolute Gasteiger partial charge is 0.280 e. The molecule has 0 amide bonds. The van der Waals surface area contributed by atoms with Crippen molar-refractivity contribution in [1.29, 1.82) is 0 Å². The molecule has 2 N–H and O–H groups in total. The predicted molar refractivity (Wildman–Crippen MR) is 104 cm³/mol. The molecule has 0 radical (unpaired) electrons. The van der Waals surface area contributed by atoms with Crippen molar-refractivity contribution in [3.8, 4) is 5.69 Å². The minimum atomic E-state index is -0.159. The Bertz CT molecular complexity index is 1160. The fraction of sp³-hybridized carbons (Fsp3) is 0.125. The fourth-order valence-electron chi connectivity index (χ4n) is 2.69. The Hall–Kier alpha value is -2.52. The van der Waals surface area contributed by atoms with Gasteiger partial charge in [0.15, 0.2) is 10.8 Å². The summed E-state index contributed by atoms with van der Waals surface area (Å²) >= 11 is 8.71. The highest BCUT2D eigenvalue weighted by Gasteiger charge is 2.16. The lowest BCUT2D eigenvalue weighted by molar-refractivity contribution is 0.864. The summed E-state index contributed by atoms with van der Waals surface area (Å²) < 4.78 is 4.00. The summed E-state index contributed by atoms with van der Waals surface area (Å²) in [6, 6.07) is 7.48. The lowest BCUT2D eigenvalue weighted by atomic mass is 10.2. The zero-order valence-electron chi connectivity index (χ0n) is 13.2. The van der Waals surface area contributed by atoms with E-state index in [1.165, 1.54) is 4.68 Å². The predicted octanol–water partition coefficient (Wildman–Crippen LogP) is 2.57. The van der Waals surface area contributed by atoms with E-state index in [1.54, 1.807) is 17.1 Å². The number of thiocarbonyl (C=S) groups is 1.